The topological polar surface area (TPSA) is 56.3 Å². The minimum Gasteiger partial charge on any atom is -0.493 e. The van der Waals surface area contributed by atoms with Gasteiger partial charge in [0.2, 0.25) is 0 Å². The molecule has 0 radical (unpaired) electrons. The molecule has 0 aliphatic heterocycles. The number of hydrogen-bond donors (Lipinski definition) is 1. The maximum atomic E-state index is 12.5. The zero-order valence-corrected chi connectivity index (χ0v) is 13.9. The molecule has 0 saturated heterocycles. The van der Waals surface area contributed by atoms with Crippen LogP contribution in [0.2, 0.25) is 0 Å². The highest BCUT2D eigenvalue weighted by Gasteiger charge is 2.12. The van der Waals surface area contributed by atoms with E-state index in [1.165, 1.54) is 19.5 Å². The molecule has 0 saturated carbocycles. The van der Waals surface area contributed by atoms with Crippen LogP contribution in [0.15, 0.2) is 30.6 Å². The van der Waals surface area contributed by atoms with Crippen molar-refractivity contribution < 1.29 is 18.3 Å². The van der Waals surface area contributed by atoms with Crippen molar-refractivity contribution in [3.63, 3.8) is 0 Å². The van der Waals surface area contributed by atoms with Crippen LogP contribution in [0.5, 0.6) is 11.5 Å². The van der Waals surface area contributed by atoms with E-state index in [2.05, 4.69) is 20.0 Å². The van der Waals surface area contributed by atoms with Crippen LogP contribution in [-0.4, -0.2) is 23.7 Å². The van der Waals surface area contributed by atoms with E-state index in [1.807, 2.05) is 13.0 Å². The molecular formula is C16H15F2N3O2S. The van der Waals surface area contributed by atoms with Crippen molar-refractivity contribution in [2.24, 2.45) is 0 Å². The maximum Gasteiger partial charge on any atom is 0.387 e. The minimum atomic E-state index is -2.91. The average molecular weight is 351 g/mol. The Morgan fingerprint density at radius 3 is 2.79 bits per heavy atom. The Bertz CT molecular complexity index is 854. The van der Waals surface area contributed by atoms with Gasteiger partial charge in [0.1, 0.15) is 17.0 Å². The van der Waals surface area contributed by atoms with Gasteiger partial charge in [-0.05, 0) is 30.7 Å². The number of thiophene rings is 1. The van der Waals surface area contributed by atoms with Crippen LogP contribution < -0.4 is 14.8 Å². The number of fused-ring (bicyclic) bond motifs is 1. The number of alkyl halides is 2. The zero-order valence-electron chi connectivity index (χ0n) is 13.0. The summed E-state index contributed by atoms with van der Waals surface area (Å²) in [6, 6.07) is 6.91. The van der Waals surface area contributed by atoms with Crippen LogP contribution in [0.3, 0.4) is 0 Å². The van der Waals surface area contributed by atoms with Crippen LogP contribution >= 0.6 is 11.3 Å². The summed E-state index contributed by atoms with van der Waals surface area (Å²) in [4.78, 5) is 10.5. The number of ether oxygens (including phenoxy) is 2. The molecule has 0 bridgehead atoms. The Kier molecular flexibility index (Phi) is 4.75. The Morgan fingerprint density at radius 1 is 1.21 bits per heavy atom. The monoisotopic (exact) mass is 351 g/mol. The number of benzene rings is 1. The van der Waals surface area contributed by atoms with Crippen molar-refractivity contribution in [2.45, 2.75) is 20.1 Å². The Balaban J connectivity index is 1.80. The minimum absolute atomic E-state index is 0.00557. The van der Waals surface area contributed by atoms with E-state index in [4.69, 9.17) is 4.74 Å². The molecule has 5 nitrogen and oxygen atoms in total. The summed E-state index contributed by atoms with van der Waals surface area (Å²) < 4.78 is 34.5. The third kappa shape index (κ3) is 3.53. The third-order valence-corrected chi connectivity index (χ3v) is 4.32. The lowest BCUT2D eigenvalue weighted by Gasteiger charge is -2.12. The van der Waals surface area contributed by atoms with Crippen molar-refractivity contribution in [3.8, 4) is 11.5 Å². The number of hydrogen-bond acceptors (Lipinski definition) is 6. The van der Waals surface area contributed by atoms with Gasteiger partial charge in [-0.25, -0.2) is 9.97 Å². The molecular weight excluding hydrogens is 336 g/mol. The summed E-state index contributed by atoms with van der Waals surface area (Å²) in [5, 5.41) is 4.15. The molecule has 8 heteroatoms. The number of halogens is 2. The molecule has 0 fully saturated rings. The molecule has 126 valence electrons. The quantitative estimate of drug-likeness (QED) is 0.720. The van der Waals surface area contributed by atoms with Crippen LogP contribution in [0, 0.1) is 6.92 Å². The molecule has 1 N–H and O–H groups in total. The number of nitrogens with zero attached hydrogens (tertiary/aromatic N) is 2. The summed E-state index contributed by atoms with van der Waals surface area (Å²) in [6.45, 7) is -0.490. The molecule has 1 aromatic carbocycles. The molecule has 0 amide bonds. The largest absolute Gasteiger partial charge is 0.493 e. The molecule has 0 aliphatic rings. The van der Waals surface area contributed by atoms with Gasteiger partial charge in [-0.15, -0.1) is 11.3 Å². The fourth-order valence-electron chi connectivity index (χ4n) is 2.32. The Hall–Kier alpha value is -2.48. The van der Waals surface area contributed by atoms with Gasteiger partial charge in [-0.1, -0.05) is 6.07 Å². The van der Waals surface area contributed by atoms with E-state index in [1.54, 1.807) is 23.5 Å². The van der Waals surface area contributed by atoms with Gasteiger partial charge >= 0.3 is 6.61 Å². The van der Waals surface area contributed by atoms with Crippen molar-refractivity contribution in [2.75, 3.05) is 12.4 Å². The molecule has 0 atom stereocenters. The van der Waals surface area contributed by atoms with Crippen molar-refractivity contribution in [3.05, 3.63) is 41.0 Å². The summed E-state index contributed by atoms with van der Waals surface area (Å²) >= 11 is 1.59. The molecule has 0 aliphatic carbocycles. The third-order valence-electron chi connectivity index (χ3n) is 3.36. The first-order valence-corrected chi connectivity index (χ1v) is 7.95. The molecule has 24 heavy (non-hydrogen) atoms. The van der Waals surface area contributed by atoms with Crippen molar-refractivity contribution in [1.82, 2.24) is 9.97 Å². The summed E-state index contributed by atoms with van der Waals surface area (Å²) in [7, 11) is 1.40. The van der Waals surface area contributed by atoms with Gasteiger partial charge in [0.15, 0.2) is 11.5 Å². The van der Waals surface area contributed by atoms with Gasteiger partial charge in [0.05, 0.1) is 12.5 Å². The van der Waals surface area contributed by atoms with Crippen molar-refractivity contribution in [1.29, 1.82) is 0 Å². The van der Waals surface area contributed by atoms with E-state index >= 15 is 0 Å². The number of aromatic nitrogens is 2. The second kappa shape index (κ2) is 6.96. The summed E-state index contributed by atoms with van der Waals surface area (Å²) in [6.07, 6.45) is 1.50. The molecule has 2 aromatic heterocycles. The van der Waals surface area contributed by atoms with Gasteiger partial charge < -0.3 is 14.8 Å². The van der Waals surface area contributed by atoms with Crippen molar-refractivity contribution >= 4 is 27.4 Å². The summed E-state index contributed by atoms with van der Waals surface area (Å²) in [5.41, 5.74) is 0.769. The first-order chi connectivity index (χ1) is 11.6. The first kappa shape index (κ1) is 16.4. The highest BCUT2D eigenvalue weighted by atomic mass is 32.1. The lowest BCUT2D eigenvalue weighted by atomic mass is 10.2. The van der Waals surface area contributed by atoms with E-state index in [0.717, 1.165) is 20.7 Å². The Morgan fingerprint density at radius 2 is 2.04 bits per heavy atom. The van der Waals surface area contributed by atoms with Gasteiger partial charge in [-0.2, -0.15) is 8.78 Å². The van der Waals surface area contributed by atoms with Crippen LogP contribution in [0.1, 0.15) is 10.4 Å². The van der Waals surface area contributed by atoms with E-state index in [0.29, 0.717) is 12.4 Å². The first-order valence-electron chi connectivity index (χ1n) is 7.13. The second-order valence-electron chi connectivity index (χ2n) is 5.02. The summed E-state index contributed by atoms with van der Waals surface area (Å²) in [5.74, 6) is 0.972. The predicted octanol–water partition coefficient (Wildman–Crippen LogP) is 4.22. The normalized spacial score (nSPS) is 11.0. The smallest absolute Gasteiger partial charge is 0.387 e. The number of aryl methyl sites for hydroxylation is 1. The molecule has 0 unspecified atom stereocenters. The SMILES string of the molecule is COc1ccc(CNc2ncnc3sc(C)cc23)cc1OC(F)F. The maximum absolute atomic E-state index is 12.5. The average Bonchev–Trinajstić information content (AvgIpc) is 2.93. The van der Waals surface area contributed by atoms with Crippen LogP contribution in [0.4, 0.5) is 14.6 Å². The Labute approximate surface area is 141 Å². The number of methoxy groups -OCH3 is 1. The highest BCUT2D eigenvalue weighted by Crippen LogP contribution is 2.31. The lowest BCUT2D eigenvalue weighted by molar-refractivity contribution is -0.0512. The lowest BCUT2D eigenvalue weighted by Crippen LogP contribution is -2.06. The van der Waals surface area contributed by atoms with Crippen LogP contribution in [-0.2, 0) is 6.54 Å². The predicted molar refractivity (Wildman–Crippen MR) is 89.1 cm³/mol. The molecule has 3 aromatic rings. The van der Waals surface area contributed by atoms with E-state index in [-0.39, 0.29) is 11.5 Å². The fourth-order valence-corrected chi connectivity index (χ4v) is 3.17. The van der Waals surface area contributed by atoms with E-state index < -0.39 is 6.61 Å². The second-order valence-corrected chi connectivity index (χ2v) is 6.25. The fraction of sp³-hybridized carbons (Fsp3) is 0.250. The molecule has 0 spiro atoms. The molecule has 3 rings (SSSR count). The highest BCUT2D eigenvalue weighted by molar-refractivity contribution is 7.18. The zero-order chi connectivity index (χ0) is 17.1. The standard InChI is InChI=1S/C16H15F2N3O2S/c1-9-5-11-14(20-8-21-15(11)24-9)19-7-10-3-4-12(22-2)13(6-10)23-16(17)18/h3-6,8,16H,7H2,1-2H3,(H,19,20,21). The van der Waals surface area contributed by atoms with Gasteiger partial charge in [0, 0.05) is 11.4 Å². The number of rotatable bonds is 6. The number of nitrogens with one attached hydrogen (secondary N) is 1. The van der Waals surface area contributed by atoms with E-state index in [9.17, 15) is 8.78 Å². The van der Waals surface area contributed by atoms with Gasteiger partial charge in [-0.3, -0.25) is 0 Å². The van der Waals surface area contributed by atoms with Gasteiger partial charge in [0.25, 0.3) is 0 Å². The van der Waals surface area contributed by atoms with Crippen LogP contribution in [0.25, 0.3) is 10.2 Å². The molecule has 2 heterocycles. The number of anilines is 1.